The van der Waals surface area contributed by atoms with Crippen molar-refractivity contribution in [2.45, 2.75) is 45.0 Å². The Hall–Kier alpha value is -0.780. The van der Waals surface area contributed by atoms with Crippen molar-refractivity contribution in [2.75, 3.05) is 6.61 Å². The summed E-state index contributed by atoms with van der Waals surface area (Å²) in [5.41, 5.74) is 0. The second-order valence-corrected chi connectivity index (χ2v) is 4.05. The van der Waals surface area contributed by atoms with E-state index in [-0.39, 0.29) is 12.0 Å². The summed E-state index contributed by atoms with van der Waals surface area (Å²) in [6.45, 7) is 4.14. The van der Waals surface area contributed by atoms with Crippen LogP contribution in [0.3, 0.4) is 0 Å². The average molecular weight is 239 g/mol. The van der Waals surface area contributed by atoms with Crippen LogP contribution in [0.4, 0.5) is 13.2 Å². The fourth-order valence-corrected chi connectivity index (χ4v) is 2.04. The van der Waals surface area contributed by atoms with Crippen LogP contribution in [0, 0.1) is 5.92 Å². The van der Waals surface area contributed by atoms with E-state index in [0.29, 0.717) is 13.0 Å². The number of halogens is 3. The maximum atomic E-state index is 12.1. The molecule has 0 aromatic heterocycles. The lowest BCUT2D eigenvalue weighted by Gasteiger charge is -2.24. The molecular formula is C10H16F3NO2. The maximum Gasteiger partial charge on any atom is 0.471 e. The van der Waals surface area contributed by atoms with Gasteiger partial charge in [0.1, 0.15) is 0 Å². The predicted octanol–water partition coefficient (Wildman–Crippen LogP) is 1.87. The Kier molecular flexibility index (Phi) is 4.18. The highest BCUT2D eigenvalue weighted by atomic mass is 19.4. The zero-order valence-electron chi connectivity index (χ0n) is 9.30. The molecule has 0 radical (unpaired) electrons. The van der Waals surface area contributed by atoms with Gasteiger partial charge in [-0.05, 0) is 25.7 Å². The molecule has 0 bridgehead atoms. The van der Waals surface area contributed by atoms with Crippen LogP contribution in [0.2, 0.25) is 0 Å². The average Bonchev–Trinajstić information content (AvgIpc) is 2.49. The normalized spacial score (nSPS) is 30.4. The minimum absolute atomic E-state index is 0.179. The van der Waals surface area contributed by atoms with Gasteiger partial charge < -0.3 is 10.1 Å². The highest BCUT2D eigenvalue weighted by molar-refractivity contribution is 5.82. The van der Waals surface area contributed by atoms with Crippen molar-refractivity contribution in [2.24, 2.45) is 5.92 Å². The molecule has 1 amide bonds. The van der Waals surface area contributed by atoms with Gasteiger partial charge in [-0.25, -0.2) is 0 Å². The molecule has 1 aliphatic rings. The Morgan fingerprint density at radius 2 is 2.06 bits per heavy atom. The van der Waals surface area contributed by atoms with Crippen molar-refractivity contribution < 1.29 is 22.7 Å². The van der Waals surface area contributed by atoms with Crippen molar-refractivity contribution in [1.82, 2.24) is 5.32 Å². The third-order valence-electron chi connectivity index (χ3n) is 2.82. The van der Waals surface area contributed by atoms with Gasteiger partial charge in [-0.2, -0.15) is 13.2 Å². The van der Waals surface area contributed by atoms with Crippen molar-refractivity contribution in [3.05, 3.63) is 0 Å². The van der Waals surface area contributed by atoms with Crippen molar-refractivity contribution in [3.8, 4) is 0 Å². The largest absolute Gasteiger partial charge is 0.471 e. The molecule has 0 saturated heterocycles. The number of hydrogen-bond donors (Lipinski definition) is 1. The van der Waals surface area contributed by atoms with E-state index in [0.717, 1.165) is 6.42 Å². The minimum atomic E-state index is -4.82. The highest BCUT2D eigenvalue weighted by Crippen LogP contribution is 2.29. The maximum absolute atomic E-state index is 12.1. The van der Waals surface area contributed by atoms with E-state index in [1.807, 2.05) is 12.2 Å². The molecule has 0 aliphatic heterocycles. The first-order valence-electron chi connectivity index (χ1n) is 5.35. The Bertz CT molecular complexity index is 255. The zero-order valence-corrected chi connectivity index (χ0v) is 9.30. The van der Waals surface area contributed by atoms with E-state index in [1.54, 1.807) is 6.92 Å². The van der Waals surface area contributed by atoms with Gasteiger partial charge in [0, 0.05) is 6.61 Å². The monoisotopic (exact) mass is 239 g/mol. The first kappa shape index (κ1) is 13.3. The number of nitrogens with one attached hydrogen (secondary N) is 1. The molecule has 1 saturated carbocycles. The molecule has 1 rings (SSSR count). The number of hydrogen-bond acceptors (Lipinski definition) is 2. The second kappa shape index (κ2) is 5.03. The van der Waals surface area contributed by atoms with Crippen LogP contribution < -0.4 is 5.32 Å². The fraction of sp³-hybridized carbons (Fsp3) is 0.900. The second-order valence-electron chi connectivity index (χ2n) is 4.05. The molecule has 0 heterocycles. The van der Waals surface area contributed by atoms with Gasteiger partial charge in [0.15, 0.2) is 0 Å². The summed E-state index contributed by atoms with van der Waals surface area (Å²) < 4.78 is 41.5. The van der Waals surface area contributed by atoms with Gasteiger partial charge in [0.25, 0.3) is 0 Å². The summed E-state index contributed by atoms with van der Waals surface area (Å²) in [5.74, 6) is -1.70. The molecule has 3 nitrogen and oxygen atoms in total. The lowest BCUT2D eigenvalue weighted by molar-refractivity contribution is -0.175. The van der Waals surface area contributed by atoms with Crippen LogP contribution in [0.25, 0.3) is 0 Å². The van der Waals surface area contributed by atoms with Crippen LogP contribution >= 0.6 is 0 Å². The summed E-state index contributed by atoms with van der Waals surface area (Å²) in [7, 11) is 0. The molecule has 0 spiro atoms. The van der Waals surface area contributed by atoms with Crippen LogP contribution in [0.1, 0.15) is 26.7 Å². The van der Waals surface area contributed by atoms with Gasteiger partial charge in [-0.3, -0.25) is 4.79 Å². The van der Waals surface area contributed by atoms with Crippen molar-refractivity contribution in [3.63, 3.8) is 0 Å². The molecule has 0 aromatic carbocycles. The minimum Gasteiger partial charge on any atom is -0.376 e. The topological polar surface area (TPSA) is 38.3 Å². The van der Waals surface area contributed by atoms with Crippen molar-refractivity contribution in [1.29, 1.82) is 0 Å². The molecule has 3 atom stereocenters. The number of amides is 1. The number of rotatable bonds is 3. The van der Waals surface area contributed by atoms with Gasteiger partial charge >= 0.3 is 12.1 Å². The SMILES string of the molecule is CCOC1C(C)CCC1NC(=O)C(F)(F)F. The first-order chi connectivity index (χ1) is 7.36. The fourth-order valence-electron chi connectivity index (χ4n) is 2.04. The van der Waals surface area contributed by atoms with E-state index in [9.17, 15) is 18.0 Å². The predicted molar refractivity (Wildman–Crippen MR) is 51.8 cm³/mol. The first-order valence-corrected chi connectivity index (χ1v) is 5.35. The summed E-state index contributed by atoms with van der Waals surface area (Å²) in [4.78, 5) is 10.8. The van der Waals surface area contributed by atoms with E-state index >= 15 is 0 Å². The third-order valence-corrected chi connectivity index (χ3v) is 2.82. The Morgan fingerprint density at radius 3 is 2.56 bits per heavy atom. The Morgan fingerprint density at radius 1 is 1.44 bits per heavy atom. The summed E-state index contributed by atoms with van der Waals surface area (Å²) in [6, 6.07) is -0.524. The van der Waals surface area contributed by atoms with Gasteiger partial charge in [-0.15, -0.1) is 0 Å². The van der Waals surface area contributed by atoms with Crippen LogP contribution in [-0.2, 0) is 9.53 Å². The Labute approximate surface area is 92.3 Å². The lowest BCUT2D eigenvalue weighted by atomic mass is 10.1. The molecule has 94 valence electrons. The lowest BCUT2D eigenvalue weighted by Crippen LogP contribution is -2.47. The Balaban J connectivity index is 2.57. The van der Waals surface area contributed by atoms with Crippen LogP contribution in [0.5, 0.6) is 0 Å². The van der Waals surface area contributed by atoms with Gasteiger partial charge in [0.2, 0.25) is 0 Å². The van der Waals surface area contributed by atoms with Gasteiger partial charge in [0.05, 0.1) is 12.1 Å². The van der Waals surface area contributed by atoms with E-state index in [1.165, 1.54) is 0 Å². The number of ether oxygens (including phenoxy) is 1. The summed E-state index contributed by atoms with van der Waals surface area (Å²) >= 11 is 0. The van der Waals surface area contributed by atoms with E-state index < -0.39 is 18.1 Å². The molecule has 6 heteroatoms. The molecule has 3 unspecified atom stereocenters. The molecule has 1 aliphatic carbocycles. The molecule has 16 heavy (non-hydrogen) atoms. The highest BCUT2D eigenvalue weighted by Gasteiger charge is 2.43. The van der Waals surface area contributed by atoms with Crippen LogP contribution in [0.15, 0.2) is 0 Å². The molecule has 0 aromatic rings. The number of alkyl halides is 3. The van der Waals surface area contributed by atoms with E-state index in [2.05, 4.69) is 0 Å². The standard InChI is InChI=1S/C10H16F3NO2/c1-3-16-8-6(2)4-5-7(8)14-9(15)10(11,12)13/h6-8H,3-5H2,1-2H3,(H,14,15). The molecular weight excluding hydrogens is 223 g/mol. The number of carbonyl (C=O) groups excluding carboxylic acids is 1. The molecule has 1 N–H and O–H groups in total. The summed E-state index contributed by atoms with van der Waals surface area (Å²) in [6.07, 6.45) is -3.82. The van der Waals surface area contributed by atoms with Gasteiger partial charge in [-0.1, -0.05) is 6.92 Å². The van der Waals surface area contributed by atoms with E-state index in [4.69, 9.17) is 4.74 Å². The third kappa shape index (κ3) is 3.10. The zero-order chi connectivity index (χ0) is 12.3. The summed E-state index contributed by atoms with van der Waals surface area (Å²) in [5, 5.41) is 2.00. The van der Waals surface area contributed by atoms with Crippen LogP contribution in [-0.4, -0.2) is 30.8 Å². The quantitative estimate of drug-likeness (QED) is 0.816. The molecule has 1 fully saturated rings. The van der Waals surface area contributed by atoms with Crippen molar-refractivity contribution >= 4 is 5.91 Å². The number of carbonyl (C=O) groups is 1. The smallest absolute Gasteiger partial charge is 0.376 e.